The van der Waals surface area contributed by atoms with Crippen molar-refractivity contribution in [2.75, 3.05) is 31.6 Å². The topological polar surface area (TPSA) is 49.5 Å². The fourth-order valence-electron chi connectivity index (χ4n) is 2.98. The van der Waals surface area contributed by atoms with E-state index in [9.17, 15) is 4.39 Å². The van der Waals surface area contributed by atoms with Gasteiger partial charge in [-0.2, -0.15) is 5.26 Å². The van der Waals surface area contributed by atoms with Gasteiger partial charge in [0.2, 0.25) is 0 Å². The molecule has 1 heterocycles. The van der Waals surface area contributed by atoms with E-state index in [1.807, 2.05) is 18.2 Å². The van der Waals surface area contributed by atoms with Gasteiger partial charge in [0.25, 0.3) is 0 Å². The number of benzene rings is 2. The van der Waals surface area contributed by atoms with E-state index in [4.69, 9.17) is 10.00 Å². The summed E-state index contributed by atoms with van der Waals surface area (Å²) in [5.41, 5.74) is 3.04. The first-order valence-corrected chi connectivity index (χ1v) is 8.18. The Bertz CT molecular complexity index is 736. The fourth-order valence-corrected chi connectivity index (χ4v) is 2.98. The van der Waals surface area contributed by atoms with Crippen molar-refractivity contribution in [2.45, 2.75) is 13.1 Å². The molecule has 2 N–H and O–H groups in total. The largest absolute Gasteiger partial charge is 0.380 e. The fraction of sp³-hybridized carbons (Fsp3) is 0.316. The van der Waals surface area contributed by atoms with Gasteiger partial charge in [0.1, 0.15) is 37.1 Å². The molecule has 124 valence electrons. The van der Waals surface area contributed by atoms with Crippen molar-refractivity contribution in [3.05, 3.63) is 65.0 Å². The van der Waals surface area contributed by atoms with Gasteiger partial charge in [0.15, 0.2) is 0 Å². The molecule has 0 atom stereocenters. The van der Waals surface area contributed by atoms with E-state index in [2.05, 4.69) is 17.4 Å². The van der Waals surface area contributed by atoms with E-state index in [-0.39, 0.29) is 5.56 Å². The Morgan fingerprint density at radius 3 is 2.58 bits per heavy atom. The van der Waals surface area contributed by atoms with Gasteiger partial charge in [0, 0.05) is 12.1 Å². The van der Waals surface area contributed by atoms with Crippen LogP contribution in [0.15, 0.2) is 42.5 Å². The molecule has 5 heteroatoms. The maximum absolute atomic E-state index is 13.7. The monoisotopic (exact) mass is 326 g/mol. The molecule has 0 aromatic heterocycles. The lowest BCUT2D eigenvalue weighted by molar-refractivity contribution is -0.921. The number of nitrogens with zero attached hydrogens (tertiary/aromatic N) is 1. The van der Waals surface area contributed by atoms with Crippen molar-refractivity contribution < 1.29 is 14.0 Å². The van der Waals surface area contributed by atoms with Crippen LogP contribution in [0.4, 0.5) is 10.1 Å². The Labute approximate surface area is 141 Å². The normalized spacial score (nSPS) is 15.0. The third-order valence-corrected chi connectivity index (χ3v) is 4.35. The standard InChI is InChI=1S/C19H20FN3O/c20-18-6-3-7-19(17(18)12-21)22-13-15-4-1-2-5-16(15)14-23-8-10-24-11-9-23/h1-7,22H,8-11,13-14H2/p+1. The van der Waals surface area contributed by atoms with Crippen LogP contribution in [0.3, 0.4) is 0 Å². The summed E-state index contributed by atoms with van der Waals surface area (Å²) in [5.74, 6) is -0.492. The van der Waals surface area contributed by atoms with E-state index in [1.165, 1.54) is 22.1 Å². The third kappa shape index (κ3) is 3.91. The molecular weight excluding hydrogens is 305 g/mol. The molecule has 0 unspecified atom stereocenters. The van der Waals surface area contributed by atoms with Crippen molar-refractivity contribution in [2.24, 2.45) is 0 Å². The molecule has 3 rings (SSSR count). The number of nitriles is 1. The highest BCUT2D eigenvalue weighted by Crippen LogP contribution is 2.19. The van der Waals surface area contributed by atoms with Crippen LogP contribution in [0.25, 0.3) is 0 Å². The molecule has 1 saturated heterocycles. The average molecular weight is 326 g/mol. The molecule has 1 aliphatic rings. The molecule has 0 spiro atoms. The van der Waals surface area contributed by atoms with Crippen LogP contribution in [0.2, 0.25) is 0 Å². The summed E-state index contributed by atoms with van der Waals surface area (Å²) in [4.78, 5) is 1.51. The van der Waals surface area contributed by atoms with Crippen LogP contribution in [0.5, 0.6) is 0 Å². The smallest absolute Gasteiger partial charge is 0.143 e. The number of nitrogens with one attached hydrogen (secondary N) is 2. The van der Waals surface area contributed by atoms with Crippen LogP contribution >= 0.6 is 0 Å². The summed E-state index contributed by atoms with van der Waals surface area (Å²) in [6.07, 6.45) is 0. The Hall–Kier alpha value is -2.42. The first-order chi connectivity index (χ1) is 11.8. The summed E-state index contributed by atoms with van der Waals surface area (Å²) >= 11 is 0. The van der Waals surface area contributed by atoms with Crippen LogP contribution in [0.1, 0.15) is 16.7 Å². The maximum Gasteiger partial charge on any atom is 0.143 e. The lowest BCUT2D eigenvalue weighted by Crippen LogP contribution is -3.12. The van der Waals surface area contributed by atoms with Crippen molar-refractivity contribution in [3.63, 3.8) is 0 Å². The van der Waals surface area contributed by atoms with Crippen LogP contribution in [-0.4, -0.2) is 26.3 Å². The summed E-state index contributed by atoms with van der Waals surface area (Å²) < 4.78 is 19.1. The summed E-state index contributed by atoms with van der Waals surface area (Å²) in [7, 11) is 0. The number of hydrogen-bond donors (Lipinski definition) is 2. The minimum Gasteiger partial charge on any atom is -0.380 e. The summed E-state index contributed by atoms with van der Waals surface area (Å²) in [5, 5.41) is 12.3. The van der Waals surface area contributed by atoms with Crippen molar-refractivity contribution in [1.29, 1.82) is 5.26 Å². The second-order valence-corrected chi connectivity index (χ2v) is 5.94. The van der Waals surface area contributed by atoms with Gasteiger partial charge < -0.3 is 15.0 Å². The second-order valence-electron chi connectivity index (χ2n) is 5.94. The van der Waals surface area contributed by atoms with E-state index in [1.54, 1.807) is 12.1 Å². The zero-order chi connectivity index (χ0) is 16.8. The Balaban J connectivity index is 1.72. The van der Waals surface area contributed by atoms with Gasteiger partial charge in [-0.3, -0.25) is 0 Å². The molecule has 1 aliphatic heterocycles. The maximum atomic E-state index is 13.7. The zero-order valence-electron chi connectivity index (χ0n) is 13.5. The Kier molecular flexibility index (Phi) is 5.42. The van der Waals surface area contributed by atoms with Crippen LogP contribution in [-0.2, 0) is 17.8 Å². The molecule has 0 aliphatic carbocycles. The molecule has 0 saturated carbocycles. The molecule has 0 amide bonds. The zero-order valence-corrected chi connectivity index (χ0v) is 13.5. The van der Waals surface area contributed by atoms with Crippen molar-refractivity contribution in [3.8, 4) is 6.07 Å². The number of halogens is 1. The summed E-state index contributed by atoms with van der Waals surface area (Å²) in [6.45, 7) is 5.18. The molecule has 4 nitrogen and oxygen atoms in total. The molecule has 24 heavy (non-hydrogen) atoms. The molecule has 0 radical (unpaired) electrons. The van der Waals surface area contributed by atoms with Gasteiger partial charge in [-0.05, 0) is 17.7 Å². The predicted octanol–water partition coefficient (Wildman–Crippen LogP) is 1.72. The van der Waals surface area contributed by atoms with Gasteiger partial charge in [-0.25, -0.2) is 4.39 Å². The lowest BCUT2D eigenvalue weighted by atomic mass is 10.1. The number of rotatable bonds is 5. The minimum absolute atomic E-state index is 0.0637. The SMILES string of the molecule is N#Cc1c(F)cccc1NCc1ccccc1C[NH+]1CCOCC1. The first kappa shape index (κ1) is 16.4. The van der Waals surface area contributed by atoms with E-state index >= 15 is 0 Å². The van der Waals surface area contributed by atoms with E-state index in [0.29, 0.717) is 12.2 Å². The average Bonchev–Trinajstić information content (AvgIpc) is 2.62. The van der Waals surface area contributed by atoms with Gasteiger partial charge in [-0.15, -0.1) is 0 Å². The number of hydrogen-bond acceptors (Lipinski definition) is 3. The van der Waals surface area contributed by atoms with Gasteiger partial charge in [0.05, 0.1) is 18.9 Å². The number of quaternary nitrogens is 1. The number of anilines is 1. The molecule has 0 bridgehead atoms. The lowest BCUT2D eigenvalue weighted by Gasteiger charge is -2.24. The predicted molar refractivity (Wildman–Crippen MR) is 90.1 cm³/mol. The Morgan fingerprint density at radius 1 is 1.08 bits per heavy atom. The first-order valence-electron chi connectivity index (χ1n) is 8.18. The molecule has 2 aromatic rings. The Morgan fingerprint density at radius 2 is 1.83 bits per heavy atom. The highest BCUT2D eigenvalue weighted by Gasteiger charge is 2.16. The molecular formula is C19H21FN3O+. The van der Waals surface area contributed by atoms with Crippen LogP contribution in [0, 0.1) is 17.1 Å². The minimum atomic E-state index is -0.492. The highest BCUT2D eigenvalue weighted by atomic mass is 19.1. The quantitative estimate of drug-likeness (QED) is 0.880. The van der Waals surface area contributed by atoms with Gasteiger partial charge >= 0.3 is 0 Å². The number of ether oxygens (including phenoxy) is 1. The highest BCUT2D eigenvalue weighted by molar-refractivity contribution is 5.58. The van der Waals surface area contributed by atoms with E-state index < -0.39 is 5.82 Å². The number of morpholine rings is 1. The van der Waals surface area contributed by atoms with Gasteiger partial charge in [-0.1, -0.05) is 30.3 Å². The van der Waals surface area contributed by atoms with Crippen molar-refractivity contribution in [1.82, 2.24) is 0 Å². The molecule has 1 fully saturated rings. The van der Waals surface area contributed by atoms with E-state index in [0.717, 1.165) is 32.8 Å². The second kappa shape index (κ2) is 7.91. The van der Waals surface area contributed by atoms with Crippen molar-refractivity contribution >= 4 is 5.69 Å². The third-order valence-electron chi connectivity index (χ3n) is 4.35. The molecule has 2 aromatic carbocycles. The van der Waals surface area contributed by atoms with Crippen LogP contribution < -0.4 is 10.2 Å². The summed E-state index contributed by atoms with van der Waals surface area (Å²) in [6, 6.07) is 14.8.